The molecule has 0 aliphatic carbocycles. The van der Waals surface area contributed by atoms with Crippen LogP contribution in [0.5, 0.6) is 11.5 Å². The number of hydrogen-bond donors (Lipinski definition) is 0. The van der Waals surface area contributed by atoms with Gasteiger partial charge in [-0.2, -0.15) is 0 Å². The largest absolute Gasteiger partial charge is 0.493 e. The second kappa shape index (κ2) is 8.31. The van der Waals surface area contributed by atoms with Crippen LogP contribution in [0.25, 0.3) is 0 Å². The smallest absolute Gasteiger partial charge is 0.237 e. The molecule has 2 heterocycles. The standard InChI is InChI=1S/C26H25NO3S/c1-29-21-14-18-12-13-27(26(28)24-15-19-10-6-7-11-23(19)31-24)25(17-8-4-3-5-9-17)20(18)16-22(21)30-2/h3-11,14,16,24-25H,12-13,15H2,1-2H3. The predicted octanol–water partition coefficient (Wildman–Crippen LogP) is 4.89. The molecule has 1 amide bonds. The second-order valence-electron chi connectivity index (χ2n) is 7.92. The van der Waals surface area contributed by atoms with E-state index in [2.05, 4.69) is 41.3 Å². The van der Waals surface area contributed by atoms with E-state index in [-0.39, 0.29) is 17.2 Å². The van der Waals surface area contributed by atoms with E-state index in [1.165, 1.54) is 16.0 Å². The lowest BCUT2D eigenvalue weighted by Gasteiger charge is -2.39. The molecule has 0 saturated heterocycles. The maximum Gasteiger partial charge on any atom is 0.237 e. The molecule has 0 bridgehead atoms. The molecule has 0 fully saturated rings. The molecule has 31 heavy (non-hydrogen) atoms. The normalized spacial score (nSPS) is 19.5. The molecule has 0 radical (unpaired) electrons. The van der Waals surface area contributed by atoms with Crippen molar-refractivity contribution < 1.29 is 14.3 Å². The molecule has 2 atom stereocenters. The Morgan fingerprint density at radius 3 is 2.39 bits per heavy atom. The summed E-state index contributed by atoms with van der Waals surface area (Å²) in [6.45, 7) is 0.689. The monoisotopic (exact) mass is 431 g/mol. The Balaban J connectivity index is 1.54. The van der Waals surface area contributed by atoms with Gasteiger partial charge in [0.2, 0.25) is 5.91 Å². The zero-order valence-corrected chi connectivity index (χ0v) is 18.5. The van der Waals surface area contributed by atoms with Crippen LogP contribution in [0.1, 0.15) is 28.3 Å². The van der Waals surface area contributed by atoms with Crippen molar-refractivity contribution in [2.24, 2.45) is 0 Å². The third-order valence-electron chi connectivity index (χ3n) is 6.19. The number of rotatable bonds is 4. The van der Waals surface area contributed by atoms with E-state index in [4.69, 9.17) is 9.47 Å². The Hall–Kier alpha value is -2.92. The van der Waals surface area contributed by atoms with Crippen LogP contribution in [0.15, 0.2) is 71.6 Å². The SMILES string of the molecule is COc1cc2c(cc1OC)C(c1ccccc1)N(C(=O)C1Cc3ccccc3S1)CC2. The van der Waals surface area contributed by atoms with Gasteiger partial charge in [-0.05, 0) is 53.3 Å². The lowest BCUT2D eigenvalue weighted by atomic mass is 9.87. The van der Waals surface area contributed by atoms with Crippen LogP contribution in [0.4, 0.5) is 0 Å². The Bertz CT molecular complexity index is 1090. The number of fused-ring (bicyclic) bond motifs is 2. The highest BCUT2D eigenvalue weighted by Crippen LogP contribution is 2.44. The molecule has 5 rings (SSSR count). The van der Waals surface area contributed by atoms with E-state index in [1.54, 1.807) is 26.0 Å². The minimum Gasteiger partial charge on any atom is -0.493 e. The van der Waals surface area contributed by atoms with Gasteiger partial charge < -0.3 is 14.4 Å². The van der Waals surface area contributed by atoms with Crippen LogP contribution in [-0.4, -0.2) is 36.8 Å². The molecular weight excluding hydrogens is 406 g/mol. The summed E-state index contributed by atoms with van der Waals surface area (Å²) in [6, 6.07) is 22.6. The van der Waals surface area contributed by atoms with E-state index in [9.17, 15) is 4.79 Å². The number of nitrogens with zero attached hydrogens (tertiary/aromatic N) is 1. The number of carbonyl (C=O) groups excluding carboxylic acids is 1. The Morgan fingerprint density at radius 1 is 0.935 bits per heavy atom. The first kappa shape index (κ1) is 20.0. The summed E-state index contributed by atoms with van der Waals surface area (Å²) in [5, 5.41) is -0.0784. The number of thioether (sulfide) groups is 1. The zero-order chi connectivity index (χ0) is 21.4. The molecule has 5 heteroatoms. The van der Waals surface area contributed by atoms with Crippen molar-refractivity contribution in [2.45, 2.75) is 29.0 Å². The van der Waals surface area contributed by atoms with Crippen molar-refractivity contribution in [2.75, 3.05) is 20.8 Å². The van der Waals surface area contributed by atoms with Crippen molar-refractivity contribution in [3.05, 3.63) is 89.0 Å². The average Bonchev–Trinajstić information content (AvgIpc) is 3.26. The Morgan fingerprint density at radius 2 is 1.65 bits per heavy atom. The summed E-state index contributed by atoms with van der Waals surface area (Å²) in [4.78, 5) is 17.1. The van der Waals surface area contributed by atoms with Crippen LogP contribution in [-0.2, 0) is 17.6 Å². The first-order valence-electron chi connectivity index (χ1n) is 10.5. The lowest BCUT2D eigenvalue weighted by molar-refractivity contribution is -0.132. The van der Waals surface area contributed by atoms with Gasteiger partial charge in [-0.1, -0.05) is 48.5 Å². The van der Waals surface area contributed by atoms with E-state index in [0.29, 0.717) is 12.3 Å². The van der Waals surface area contributed by atoms with Gasteiger partial charge >= 0.3 is 0 Å². The number of carbonyl (C=O) groups is 1. The quantitative estimate of drug-likeness (QED) is 0.589. The Labute approximate surface area is 187 Å². The van der Waals surface area contributed by atoms with Crippen molar-refractivity contribution in [3.8, 4) is 11.5 Å². The van der Waals surface area contributed by atoms with E-state index in [1.807, 2.05) is 30.3 Å². The van der Waals surface area contributed by atoms with Gasteiger partial charge in [0.25, 0.3) is 0 Å². The summed E-state index contributed by atoms with van der Waals surface area (Å²) in [5.74, 6) is 1.63. The third kappa shape index (κ3) is 3.57. The lowest BCUT2D eigenvalue weighted by Crippen LogP contribution is -2.44. The number of hydrogen-bond acceptors (Lipinski definition) is 4. The van der Waals surface area contributed by atoms with Gasteiger partial charge in [0.15, 0.2) is 11.5 Å². The van der Waals surface area contributed by atoms with Crippen LogP contribution < -0.4 is 9.47 Å². The summed E-state index contributed by atoms with van der Waals surface area (Å²) >= 11 is 1.69. The molecule has 2 aliphatic heterocycles. The molecule has 0 spiro atoms. The van der Waals surface area contributed by atoms with Crippen LogP contribution >= 0.6 is 11.8 Å². The van der Waals surface area contributed by atoms with Crippen LogP contribution in [0.2, 0.25) is 0 Å². The van der Waals surface area contributed by atoms with Crippen LogP contribution in [0.3, 0.4) is 0 Å². The van der Waals surface area contributed by atoms with Gasteiger partial charge in [0, 0.05) is 11.4 Å². The molecule has 2 aliphatic rings. The Kier molecular flexibility index (Phi) is 5.36. The van der Waals surface area contributed by atoms with Crippen molar-refractivity contribution in [1.29, 1.82) is 0 Å². The number of ether oxygens (including phenoxy) is 2. The third-order valence-corrected chi connectivity index (χ3v) is 7.50. The number of methoxy groups -OCH3 is 2. The highest BCUT2D eigenvalue weighted by molar-refractivity contribution is 8.01. The van der Waals surface area contributed by atoms with Gasteiger partial charge in [-0.15, -0.1) is 11.8 Å². The van der Waals surface area contributed by atoms with Gasteiger partial charge in [0.1, 0.15) is 0 Å². The minimum atomic E-state index is -0.137. The zero-order valence-electron chi connectivity index (χ0n) is 17.7. The fourth-order valence-electron chi connectivity index (χ4n) is 4.68. The molecular formula is C26H25NO3S. The molecule has 0 saturated carbocycles. The van der Waals surface area contributed by atoms with Crippen molar-refractivity contribution >= 4 is 17.7 Å². The second-order valence-corrected chi connectivity index (χ2v) is 9.16. The predicted molar refractivity (Wildman–Crippen MR) is 123 cm³/mol. The van der Waals surface area contributed by atoms with Crippen molar-refractivity contribution in [3.63, 3.8) is 0 Å². The minimum absolute atomic E-state index is 0.0784. The highest BCUT2D eigenvalue weighted by Gasteiger charge is 2.38. The first-order valence-corrected chi connectivity index (χ1v) is 11.4. The molecule has 0 aromatic heterocycles. The molecule has 3 aromatic carbocycles. The maximum absolute atomic E-state index is 13.8. The molecule has 3 aromatic rings. The molecule has 2 unspecified atom stereocenters. The fraction of sp³-hybridized carbons (Fsp3) is 0.269. The topological polar surface area (TPSA) is 38.8 Å². The fourth-order valence-corrected chi connectivity index (χ4v) is 5.95. The number of benzene rings is 3. The van der Waals surface area contributed by atoms with Gasteiger partial charge in [-0.25, -0.2) is 0 Å². The average molecular weight is 432 g/mol. The maximum atomic E-state index is 13.8. The summed E-state index contributed by atoms with van der Waals surface area (Å²) < 4.78 is 11.1. The molecule has 158 valence electrons. The summed E-state index contributed by atoms with van der Waals surface area (Å²) in [6.07, 6.45) is 1.59. The molecule has 4 nitrogen and oxygen atoms in total. The van der Waals surface area contributed by atoms with E-state index in [0.717, 1.165) is 29.7 Å². The van der Waals surface area contributed by atoms with Gasteiger partial charge in [0.05, 0.1) is 25.5 Å². The first-order chi connectivity index (χ1) is 15.2. The highest BCUT2D eigenvalue weighted by atomic mass is 32.2. The van der Waals surface area contributed by atoms with Crippen LogP contribution in [0, 0.1) is 0 Å². The van der Waals surface area contributed by atoms with E-state index >= 15 is 0 Å². The van der Waals surface area contributed by atoms with Crippen molar-refractivity contribution in [1.82, 2.24) is 4.90 Å². The summed E-state index contributed by atoms with van der Waals surface area (Å²) in [5.41, 5.74) is 4.71. The van der Waals surface area contributed by atoms with E-state index < -0.39 is 0 Å². The summed E-state index contributed by atoms with van der Waals surface area (Å²) in [7, 11) is 3.31. The van der Waals surface area contributed by atoms with Gasteiger partial charge in [-0.3, -0.25) is 4.79 Å². The number of amides is 1. The molecule has 0 N–H and O–H groups in total.